The van der Waals surface area contributed by atoms with Crippen LogP contribution in [0.4, 0.5) is 0 Å². The lowest BCUT2D eigenvalue weighted by atomic mass is 10.1. The fourth-order valence-electron chi connectivity index (χ4n) is 1.08. The molecule has 0 heterocycles. The minimum absolute atomic E-state index is 0.505. The van der Waals surface area contributed by atoms with Gasteiger partial charge < -0.3 is 4.52 Å². The van der Waals surface area contributed by atoms with Crippen molar-refractivity contribution in [2.45, 2.75) is 33.6 Å². The molecule has 1 N–H and O–H groups in total. The maximum absolute atomic E-state index is 11.5. The van der Waals surface area contributed by atoms with Crippen LogP contribution in [0.25, 0.3) is 0 Å². The van der Waals surface area contributed by atoms with E-state index in [0.717, 1.165) is 13.0 Å². The molecule has 0 aliphatic heterocycles. The van der Waals surface area contributed by atoms with E-state index < -0.39 is 7.52 Å². The Kier molecular flexibility index (Phi) is 6.66. The molecule has 0 aromatic rings. The minimum atomic E-state index is -2.50. The molecule has 0 spiro atoms. The Bertz CT molecular complexity index is 171. The molecule has 3 nitrogen and oxygen atoms in total. The van der Waals surface area contributed by atoms with E-state index in [2.05, 4.69) is 18.9 Å². The van der Waals surface area contributed by atoms with Crippen LogP contribution in [0.3, 0.4) is 0 Å². The van der Waals surface area contributed by atoms with E-state index in [0.29, 0.717) is 12.5 Å². The van der Waals surface area contributed by atoms with Crippen LogP contribution in [-0.2, 0) is 9.09 Å². The second-order valence-corrected chi connectivity index (χ2v) is 5.97. The van der Waals surface area contributed by atoms with Gasteiger partial charge in [-0.05, 0) is 25.7 Å². The molecule has 0 aromatic carbocycles. The first-order chi connectivity index (χ1) is 5.98. The average Bonchev–Trinajstić information content (AvgIpc) is 1.98. The SMILES string of the molecule is CCOP(C)(=O)NCCCC(C)C. The normalized spacial score (nSPS) is 16.1. The zero-order valence-corrected chi connectivity index (χ0v) is 10.1. The lowest BCUT2D eigenvalue weighted by Gasteiger charge is -2.14. The summed E-state index contributed by atoms with van der Waals surface area (Å²) in [5.41, 5.74) is 0. The Hall–Kier alpha value is 0.150. The van der Waals surface area contributed by atoms with Crippen molar-refractivity contribution in [2.75, 3.05) is 19.8 Å². The molecule has 0 saturated carbocycles. The molecule has 0 aliphatic rings. The van der Waals surface area contributed by atoms with E-state index in [1.54, 1.807) is 6.66 Å². The summed E-state index contributed by atoms with van der Waals surface area (Å²) in [6.45, 7) is 9.15. The van der Waals surface area contributed by atoms with Crippen molar-refractivity contribution < 1.29 is 9.09 Å². The van der Waals surface area contributed by atoms with E-state index in [9.17, 15) is 4.57 Å². The Balaban J connectivity index is 3.46. The lowest BCUT2D eigenvalue weighted by Crippen LogP contribution is -2.13. The van der Waals surface area contributed by atoms with E-state index in [1.807, 2.05) is 6.92 Å². The van der Waals surface area contributed by atoms with Gasteiger partial charge in [0.1, 0.15) is 0 Å². The second-order valence-electron chi connectivity index (χ2n) is 3.71. The molecular weight excluding hydrogens is 185 g/mol. The molecule has 0 amide bonds. The molecule has 0 fully saturated rings. The smallest absolute Gasteiger partial charge is 0.266 e. The van der Waals surface area contributed by atoms with Gasteiger partial charge in [0.25, 0.3) is 7.52 Å². The fraction of sp³-hybridized carbons (Fsp3) is 1.00. The Morgan fingerprint density at radius 1 is 1.46 bits per heavy atom. The molecule has 13 heavy (non-hydrogen) atoms. The summed E-state index contributed by atoms with van der Waals surface area (Å²) in [7, 11) is -2.50. The summed E-state index contributed by atoms with van der Waals surface area (Å²) in [5, 5.41) is 2.95. The summed E-state index contributed by atoms with van der Waals surface area (Å²) in [6, 6.07) is 0. The van der Waals surface area contributed by atoms with Crippen molar-refractivity contribution in [3.8, 4) is 0 Å². The first-order valence-electron chi connectivity index (χ1n) is 4.95. The predicted molar refractivity (Wildman–Crippen MR) is 57.2 cm³/mol. The highest BCUT2D eigenvalue weighted by atomic mass is 31.2. The highest BCUT2D eigenvalue weighted by Crippen LogP contribution is 2.36. The highest BCUT2D eigenvalue weighted by molar-refractivity contribution is 7.56. The number of hydrogen-bond acceptors (Lipinski definition) is 2. The highest BCUT2D eigenvalue weighted by Gasteiger charge is 2.12. The summed E-state index contributed by atoms with van der Waals surface area (Å²) in [4.78, 5) is 0. The predicted octanol–water partition coefficient (Wildman–Crippen LogP) is 2.87. The summed E-state index contributed by atoms with van der Waals surface area (Å²) in [6.07, 6.45) is 2.22. The summed E-state index contributed by atoms with van der Waals surface area (Å²) >= 11 is 0. The quantitative estimate of drug-likeness (QED) is 0.515. The number of rotatable bonds is 7. The van der Waals surface area contributed by atoms with Gasteiger partial charge in [-0.3, -0.25) is 4.57 Å². The largest absolute Gasteiger partial charge is 0.318 e. The first-order valence-corrected chi connectivity index (χ1v) is 7.02. The van der Waals surface area contributed by atoms with Crippen LogP contribution in [-0.4, -0.2) is 19.8 Å². The van der Waals surface area contributed by atoms with Crippen LogP contribution in [0.5, 0.6) is 0 Å². The fourth-order valence-corrected chi connectivity index (χ4v) is 2.23. The second kappa shape index (κ2) is 6.58. The average molecular weight is 207 g/mol. The molecule has 0 saturated heterocycles. The third kappa shape index (κ3) is 8.48. The molecule has 1 unspecified atom stereocenters. The summed E-state index contributed by atoms with van der Waals surface area (Å²) < 4.78 is 16.6. The van der Waals surface area contributed by atoms with Gasteiger partial charge in [-0.25, -0.2) is 5.09 Å². The van der Waals surface area contributed by atoms with Gasteiger partial charge >= 0.3 is 0 Å². The van der Waals surface area contributed by atoms with Crippen molar-refractivity contribution in [1.29, 1.82) is 0 Å². The molecule has 0 aliphatic carbocycles. The monoisotopic (exact) mass is 207 g/mol. The zero-order chi connectivity index (χ0) is 10.3. The van der Waals surface area contributed by atoms with Gasteiger partial charge in [0.05, 0.1) is 6.61 Å². The first kappa shape index (κ1) is 13.2. The number of nitrogens with one attached hydrogen (secondary N) is 1. The molecule has 0 rings (SSSR count). The van der Waals surface area contributed by atoms with Gasteiger partial charge in [0, 0.05) is 13.2 Å². The molecule has 80 valence electrons. The van der Waals surface area contributed by atoms with Crippen molar-refractivity contribution in [1.82, 2.24) is 5.09 Å². The topological polar surface area (TPSA) is 38.3 Å². The van der Waals surface area contributed by atoms with Crippen LogP contribution >= 0.6 is 7.52 Å². The van der Waals surface area contributed by atoms with E-state index in [1.165, 1.54) is 6.42 Å². The number of hydrogen-bond donors (Lipinski definition) is 1. The molecule has 1 atom stereocenters. The van der Waals surface area contributed by atoms with E-state index in [4.69, 9.17) is 4.52 Å². The zero-order valence-electron chi connectivity index (χ0n) is 9.17. The van der Waals surface area contributed by atoms with E-state index >= 15 is 0 Å². The maximum atomic E-state index is 11.5. The Labute approximate surface area is 81.8 Å². The Morgan fingerprint density at radius 2 is 2.08 bits per heavy atom. The van der Waals surface area contributed by atoms with Gasteiger partial charge in [-0.1, -0.05) is 13.8 Å². The van der Waals surface area contributed by atoms with Crippen molar-refractivity contribution in [3.63, 3.8) is 0 Å². The Morgan fingerprint density at radius 3 is 2.54 bits per heavy atom. The standard InChI is InChI=1S/C9H22NO2P/c1-5-12-13(4,11)10-8-6-7-9(2)3/h9H,5-8H2,1-4H3,(H,10,11). The van der Waals surface area contributed by atoms with Crippen LogP contribution in [0.15, 0.2) is 0 Å². The van der Waals surface area contributed by atoms with Crippen LogP contribution in [0, 0.1) is 5.92 Å². The van der Waals surface area contributed by atoms with E-state index in [-0.39, 0.29) is 0 Å². The van der Waals surface area contributed by atoms with Gasteiger partial charge in [-0.2, -0.15) is 0 Å². The van der Waals surface area contributed by atoms with Gasteiger partial charge in [0.15, 0.2) is 0 Å². The molecule has 4 heteroatoms. The van der Waals surface area contributed by atoms with Crippen molar-refractivity contribution in [3.05, 3.63) is 0 Å². The van der Waals surface area contributed by atoms with Crippen LogP contribution in [0.1, 0.15) is 33.6 Å². The molecular formula is C9H22NO2P. The van der Waals surface area contributed by atoms with Crippen LogP contribution < -0.4 is 5.09 Å². The van der Waals surface area contributed by atoms with Gasteiger partial charge in [0.2, 0.25) is 0 Å². The van der Waals surface area contributed by atoms with Crippen molar-refractivity contribution in [2.24, 2.45) is 5.92 Å². The van der Waals surface area contributed by atoms with Crippen molar-refractivity contribution >= 4 is 7.52 Å². The third-order valence-corrected chi connectivity index (χ3v) is 3.28. The molecule has 0 aromatic heterocycles. The minimum Gasteiger partial charge on any atom is -0.318 e. The lowest BCUT2D eigenvalue weighted by molar-refractivity contribution is 0.328. The maximum Gasteiger partial charge on any atom is 0.266 e. The molecule has 0 radical (unpaired) electrons. The summed E-state index contributed by atoms with van der Waals surface area (Å²) in [5.74, 6) is 0.713. The molecule has 0 bridgehead atoms. The van der Waals surface area contributed by atoms with Crippen LogP contribution in [0.2, 0.25) is 0 Å². The third-order valence-electron chi connectivity index (χ3n) is 1.73. The van der Waals surface area contributed by atoms with Gasteiger partial charge in [-0.15, -0.1) is 0 Å².